The molecule has 1 unspecified atom stereocenters. The fourth-order valence-electron chi connectivity index (χ4n) is 4.53. The molecule has 1 saturated heterocycles. The molecular weight excluding hydrogens is 398 g/mol. The van der Waals surface area contributed by atoms with E-state index in [1.807, 2.05) is 41.6 Å². The minimum Gasteiger partial charge on any atom is -0.497 e. The molecule has 3 aromatic rings. The van der Waals surface area contributed by atoms with Gasteiger partial charge in [0.1, 0.15) is 5.75 Å². The number of ether oxygens (including phenoxy) is 1. The number of benzene rings is 2. The number of methoxy groups -OCH3 is 1. The lowest BCUT2D eigenvalue weighted by molar-refractivity contribution is -0.134. The number of rotatable bonds is 7. The van der Waals surface area contributed by atoms with Gasteiger partial charge in [0.2, 0.25) is 5.91 Å². The van der Waals surface area contributed by atoms with Crippen LogP contribution in [0, 0.1) is 5.92 Å². The summed E-state index contributed by atoms with van der Waals surface area (Å²) in [6.07, 6.45) is 4.36. The van der Waals surface area contributed by atoms with E-state index in [2.05, 4.69) is 53.2 Å². The summed E-state index contributed by atoms with van der Waals surface area (Å²) in [7, 11) is 1.69. The van der Waals surface area contributed by atoms with Crippen LogP contribution in [0.15, 0.2) is 73.1 Å². The van der Waals surface area contributed by atoms with Gasteiger partial charge >= 0.3 is 0 Å². The van der Waals surface area contributed by atoms with Crippen molar-refractivity contribution >= 4 is 5.91 Å². The van der Waals surface area contributed by atoms with Crippen molar-refractivity contribution in [2.45, 2.75) is 19.9 Å². The van der Waals surface area contributed by atoms with Gasteiger partial charge in [0.15, 0.2) is 0 Å². The zero-order chi connectivity index (χ0) is 22.3. The molecule has 5 nitrogen and oxygen atoms in total. The van der Waals surface area contributed by atoms with Gasteiger partial charge in [-0.15, -0.1) is 0 Å². The first-order valence-electron chi connectivity index (χ1n) is 11.3. The van der Waals surface area contributed by atoms with Crippen LogP contribution in [0.2, 0.25) is 0 Å². The molecule has 166 valence electrons. The van der Waals surface area contributed by atoms with Crippen LogP contribution in [-0.2, 0) is 17.8 Å². The number of aromatic nitrogens is 1. The predicted octanol–water partition coefficient (Wildman–Crippen LogP) is 4.28. The van der Waals surface area contributed by atoms with E-state index in [9.17, 15) is 4.79 Å². The Morgan fingerprint density at radius 1 is 1.03 bits per heavy atom. The molecule has 5 heteroatoms. The third-order valence-corrected chi connectivity index (χ3v) is 6.22. The molecule has 4 rings (SSSR count). The monoisotopic (exact) mass is 429 g/mol. The van der Waals surface area contributed by atoms with Gasteiger partial charge in [0.25, 0.3) is 0 Å². The summed E-state index contributed by atoms with van der Waals surface area (Å²) in [5, 5.41) is 0. The number of carbonyl (C=O) groups is 1. The number of likely N-dealkylation sites (N-methyl/N-ethyl adjacent to an activating group) is 1. The largest absolute Gasteiger partial charge is 0.497 e. The van der Waals surface area contributed by atoms with Gasteiger partial charge in [-0.3, -0.25) is 14.7 Å². The summed E-state index contributed by atoms with van der Waals surface area (Å²) in [6.45, 7) is 6.01. The second kappa shape index (κ2) is 10.4. The van der Waals surface area contributed by atoms with Crippen molar-refractivity contribution in [1.82, 2.24) is 14.8 Å². The van der Waals surface area contributed by atoms with Crippen LogP contribution in [0.5, 0.6) is 5.75 Å². The molecule has 1 aliphatic heterocycles. The van der Waals surface area contributed by atoms with E-state index >= 15 is 0 Å². The van der Waals surface area contributed by atoms with Gasteiger partial charge in [0, 0.05) is 45.1 Å². The number of amides is 1. The zero-order valence-corrected chi connectivity index (χ0v) is 18.9. The summed E-state index contributed by atoms with van der Waals surface area (Å²) in [5.74, 6) is 1.04. The number of nitrogens with zero attached hydrogens (tertiary/aromatic N) is 3. The highest BCUT2D eigenvalue weighted by molar-refractivity contribution is 5.80. The van der Waals surface area contributed by atoms with Gasteiger partial charge in [0.05, 0.1) is 13.0 Å². The van der Waals surface area contributed by atoms with Crippen LogP contribution in [0.4, 0.5) is 0 Å². The molecule has 2 heterocycles. The molecular formula is C27H31N3O2. The average molecular weight is 430 g/mol. The number of carbonyl (C=O) groups excluding carboxylic acids is 1. The van der Waals surface area contributed by atoms with Gasteiger partial charge < -0.3 is 9.64 Å². The Morgan fingerprint density at radius 3 is 2.62 bits per heavy atom. The highest BCUT2D eigenvalue weighted by Crippen LogP contribution is 2.27. The maximum Gasteiger partial charge on any atom is 0.227 e. The summed E-state index contributed by atoms with van der Waals surface area (Å²) in [5.41, 5.74) is 4.72. The van der Waals surface area contributed by atoms with Crippen LogP contribution < -0.4 is 4.74 Å². The Bertz CT molecular complexity index is 1040. The van der Waals surface area contributed by atoms with E-state index in [0.29, 0.717) is 0 Å². The van der Waals surface area contributed by atoms with Crippen LogP contribution in [0.3, 0.4) is 0 Å². The Morgan fingerprint density at radius 2 is 1.84 bits per heavy atom. The summed E-state index contributed by atoms with van der Waals surface area (Å²) in [6, 6.07) is 20.7. The third kappa shape index (κ3) is 5.17. The lowest BCUT2D eigenvalue weighted by Crippen LogP contribution is -2.37. The fraction of sp³-hybridized carbons (Fsp3) is 0.333. The first-order valence-corrected chi connectivity index (χ1v) is 11.3. The predicted molar refractivity (Wildman–Crippen MR) is 127 cm³/mol. The normalized spacial score (nSPS) is 17.2. The van der Waals surface area contributed by atoms with Crippen molar-refractivity contribution in [2.75, 3.05) is 33.3 Å². The average Bonchev–Trinajstić information content (AvgIpc) is 2.98. The van der Waals surface area contributed by atoms with Gasteiger partial charge in [-0.25, -0.2) is 0 Å². The molecule has 0 saturated carbocycles. The maximum absolute atomic E-state index is 13.4. The van der Waals surface area contributed by atoms with Crippen LogP contribution in [0.25, 0.3) is 11.1 Å². The molecule has 1 aromatic heterocycles. The van der Waals surface area contributed by atoms with Crippen LogP contribution >= 0.6 is 0 Å². The lowest BCUT2D eigenvalue weighted by Gasteiger charge is -2.24. The van der Waals surface area contributed by atoms with Crippen molar-refractivity contribution in [3.63, 3.8) is 0 Å². The molecule has 0 bridgehead atoms. The smallest absolute Gasteiger partial charge is 0.227 e. The topological polar surface area (TPSA) is 45.7 Å². The minimum atomic E-state index is -0.0777. The molecule has 32 heavy (non-hydrogen) atoms. The van der Waals surface area contributed by atoms with E-state index in [1.165, 1.54) is 16.7 Å². The molecule has 0 aliphatic carbocycles. The first kappa shape index (κ1) is 22.0. The minimum absolute atomic E-state index is 0.0777. The van der Waals surface area contributed by atoms with Gasteiger partial charge in [-0.05, 0) is 59.9 Å². The summed E-state index contributed by atoms with van der Waals surface area (Å²) in [4.78, 5) is 22.0. The fourth-order valence-corrected chi connectivity index (χ4v) is 4.53. The highest BCUT2D eigenvalue weighted by Gasteiger charge is 2.30. The highest BCUT2D eigenvalue weighted by atomic mass is 16.5. The Balaban J connectivity index is 1.58. The van der Waals surface area contributed by atoms with E-state index < -0.39 is 0 Å². The molecule has 0 spiro atoms. The maximum atomic E-state index is 13.4. The van der Waals surface area contributed by atoms with Crippen molar-refractivity contribution in [3.05, 3.63) is 84.2 Å². The molecule has 1 aliphatic rings. The number of hydrogen-bond donors (Lipinski definition) is 0. The quantitative estimate of drug-likeness (QED) is 0.562. The molecule has 1 atom stereocenters. The third-order valence-electron chi connectivity index (χ3n) is 6.22. The molecule has 1 amide bonds. The van der Waals surface area contributed by atoms with E-state index in [-0.39, 0.29) is 11.8 Å². The van der Waals surface area contributed by atoms with E-state index in [1.54, 1.807) is 7.11 Å². The Labute approximate surface area is 190 Å². The van der Waals surface area contributed by atoms with Crippen molar-refractivity contribution in [1.29, 1.82) is 0 Å². The second-order valence-electron chi connectivity index (χ2n) is 8.30. The Kier molecular flexibility index (Phi) is 7.17. The Hall–Kier alpha value is -3.18. The summed E-state index contributed by atoms with van der Waals surface area (Å²) < 4.78 is 5.39. The molecule has 2 aromatic carbocycles. The molecule has 0 N–H and O–H groups in total. The summed E-state index contributed by atoms with van der Waals surface area (Å²) >= 11 is 0. The second-order valence-corrected chi connectivity index (χ2v) is 8.30. The van der Waals surface area contributed by atoms with Crippen molar-refractivity contribution in [2.24, 2.45) is 5.92 Å². The number of pyridine rings is 1. The van der Waals surface area contributed by atoms with E-state index in [4.69, 9.17) is 4.74 Å². The molecule has 1 fully saturated rings. The van der Waals surface area contributed by atoms with Crippen LogP contribution in [-0.4, -0.2) is 54.0 Å². The lowest BCUT2D eigenvalue weighted by atomic mass is 9.91. The molecule has 0 radical (unpaired) electrons. The zero-order valence-electron chi connectivity index (χ0n) is 18.9. The standard InChI is InChI=1S/C27H31N3O2/c1-3-30-16-15-29(19-21-7-6-9-25(17-21)32-2)20-24(27(30)31)18-23-8-4-5-10-26(23)22-11-13-28-14-12-22/h4-14,17,24H,3,15-16,18-20H2,1-2H3. The van der Waals surface area contributed by atoms with Crippen molar-refractivity contribution in [3.8, 4) is 16.9 Å². The van der Waals surface area contributed by atoms with Gasteiger partial charge in [-0.1, -0.05) is 36.4 Å². The SMILES string of the molecule is CCN1CCN(Cc2cccc(OC)c2)CC(Cc2ccccc2-c2ccncc2)C1=O. The number of hydrogen-bond acceptors (Lipinski definition) is 4. The van der Waals surface area contributed by atoms with Crippen LogP contribution in [0.1, 0.15) is 18.1 Å². The van der Waals surface area contributed by atoms with Crippen molar-refractivity contribution < 1.29 is 9.53 Å². The first-order chi connectivity index (χ1) is 15.7. The van der Waals surface area contributed by atoms with E-state index in [0.717, 1.165) is 50.5 Å². The van der Waals surface area contributed by atoms with Gasteiger partial charge in [-0.2, -0.15) is 0 Å².